The molecule has 3 heterocycles. The predicted octanol–water partition coefficient (Wildman–Crippen LogP) is 3.16. The number of rotatable bonds is 3. The summed E-state index contributed by atoms with van der Waals surface area (Å²) in [4.78, 5) is 46.3. The Balaban J connectivity index is 1.47. The summed E-state index contributed by atoms with van der Waals surface area (Å²) in [5, 5.41) is 3.96. The topological polar surface area (TPSA) is 98.9 Å². The van der Waals surface area contributed by atoms with Crippen molar-refractivity contribution in [2.24, 2.45) is 14.1 Å². The predicted molar refractivity (Wildman–Crippen MR) is 125 cm³/mol. The molecule has 0 unspecified atom stereocenters. The first-order valence-corrected chi connectivity index (χ1v) is 10.6. The number of hydrogen-bond donors (Lipinski definition) is 1. The average Bonchev–Trinajstić information content (AvgIpc) is 3.25. The third kappa shape index (κ3) is 3.28. The van der Waals surface area contributed by atoms with E-state index in [1.165, 1.54) is 30.8 Å². The highest BCUT2D eigenvalue weighted by molar-refractivity contribution is 7.21. The number of fused-ring (bicyclic) bond motifs is 2. The van der Waals surface area contributed by atoms with Crippen molar-refractivity contribution in [1.29, 1.82) is 0 Å². The van der Waals surface area contributed by atoms with Crippen LogP contribution in [0.5, 0.6) is 0 Å². The fourth-order valence-corrected chi connectivity index (χ4v) is 4.46. The highest BCUT2D eigenvalue weighted by atomic mass is 32.1. The maximum absolute atomic E-state index is 12.8. The zero-order valence-electron chi connectivity index (χ0n) is 17.2. The molecule has 1 N–H and O–H groups in total. The van der Waals surface area contributed by atoms with Gasteiger partial charge in [0.1, 0.15) is 16.3 Å². The highest BCUT2D eigenvalue weighted by Crippen LogP contribution is 2.31. The van der Waals surface area contributed by atoms with Gasteiger partial charge < -0.3 is 5.32 Å². The van der Waals surface area contributed by atoms with Gasteiger partial charge in [0.15, 0.2) is 0 Å². The Hall–Kier alpha value is -4.11. The molecule has 0 fully saturated rings. The first-order chi connectivity index (χ1) is 15.4. The van der Waals surface area contributed by atoms with Gasteiger partial charge in [-0.15, -0.1) is 11.3 Å². The Morgan fingerprint density at radius 2 is 1.75 bits per heavy atom. The number of amides is 1. The van der Waals surface area contributed by atoms with E-state index in [0.29, 0.717) is 5.69 Å². The van der Waals surface area contributed by atoms with Crippen molar-refractivity contribution in [3.05, 3.63) is 87.2 Å². The zero-order valence-corrected chi connectivity index (χ0v) is 18.0. The molecule has 0 radical (unpaired) electrons. The summed E-state index contributed by atoms with van der Waals surface area (Å²) in [7, 11) is 2.92. The lowest BCUT2D eigenvalue weighted by Crippen LogP contribution is -2.37. The highest BCUT2D eigenvalue weighted by Gasteiger charge is 2.15. The molecule has 1 amide bonds. The van der Waals surface area contributed by atoms with E-state index in [1.54, 1.807) is 17.4 Å². The van der Waals surface area contributed by atoms with Crippen molar-refractivity contribution in [2.45, 2.75) is 0 Å². The largest absolute Gasteiger partial charge is 0.332 e. The molecule has 0 atom stereocenters. The second-order valence-electron chi connectivity index (χ2n) is 7.30. The first-order valence-electron chi connectivity index (χ1n) is 9.76. The van der Waals surface area contributed by atoms with E-state index >= 15 is 0 Å². The number of hydrogen-bond acceptors (Lipinski definition) is 6. The van der Waals surface area contributed by atoms with Crippen LogP contribution in [-0.4, -0.2) is 25.0 Å². The number of pyridine rings is 1. The van der Waals surface area contributed by atoms with Crippen LogP contribution in [0, 0.1) is 0 Å². The molecule has 0 spiro atoms. The maximum Gasteiger partial charge on any atom is 0.332 e. The Kier molecular flexibility index (Phi) is 4.67. The van der Waals surface area contributed by atoms with Crippen LogP contribution in [0.4, 0.5) is 5.69 Å². The Labute approximate surface area is 185 Å². The molecule has 0 aliphatic carbocycles. The Bertz CT molecular complexity index is 1610. The standard InChI is InChI=1S/C23H17N5O3S/c1-27-19-15(22(30)28(2)23(27)31)10-11-17(25-19)20(29)24-14-7-5-6-13(12-14)21-26-16-8-3-4-9-18(16)32-21/h3-12H,1-2H3,(H,24,29). The lowest BCUT2D eigenvalue weighted by Gasteiger charge is -2.09. The van der Waals surface area contributed by atoms with E-state index in [0.717, 1.165) is 25.4 Å². The smallest absolute Gasteiger partial charge is 0.321 e. The number of carbonyl (C=O) groups is 1. The van der Waals surface area contributed by atoms with Gasteiger partial charge in [-0.25, -0.2) is 14.8 Å². The van der Waals surface area contributed by atoms with Crippen molar-refractivity contribution >= 4 is 44.2 Å². The average molecular weight is 443 g/mol. The lowest BCUT2D eigenvalue weighted by atomic mass is 10.2. The number of benzene rings is 2. The number of nitrogens with one attached hydrogen (secondary N) is 1. The first kappa shape index (κ1) is 19.8. The fraction of sp³-hybridized carbons (Fsp3) is 0.0870. The van der Waals surface area contributed by atoms with Crippen molar-refractivity contribution < 1.29 is 4.79 Å². The Morgan fingerprint density at radius 1 is 0.938 bits per heavy atom. The summed E-state index contributed by atoms with van der Waals surface area (Å²) < 4.78 is 3.35. The number of thiazole rings is 1. The number of para-hydroxylation sites is 1. The molecule has 5 aromatic rings. The molecule has 32 heavy (non-hydrogen) atoms. The van der Waals surface area contributed by atoms with E-state index in [2.05, 4.69) is 15.3 Å². The summed E-state index contributed by atoms with van der Waals surface area (Å²) in [5.41, 5.74) is 1.72. The molecule has 2 aromatic carbocycles. The van der Waals surface area contributed by atoms with Gasteiger partial charge in [0.05, 0.1) is 15.6 Å². The summed E-state index contributed by atoms with van der Waals surface area (Å²) >= 11 is 1.58. The molecule has 0 saturated carbocycles. The number of aryl methyl sites for hydroxylation is 1. The summed E-state index contributed by atoms with van der Waals surface area (Å²) in [6, 6.07) is 18.3. The molecule has 0 aliphatic heterocycles. The van der Waals surface area contributed by atoms with E-state index in [1.807, 2.05) is 42.5 Å². The second kappa shape index (κ2) is 7.54. The van der Waals surface area contributed by atoms with Gasteiger partial charge in [-0.1, -0.05) is 24.3 Å². The van der Waals surface area contributed by atoms with Crippen LogP contribution in [0.25, 0.3) is 31.8 Å². The third-order valence-corrected chi connectivity index (χ3v) is 6.28. The third-order valence-electron chi connectivity index (χ3n) is 5.20. The van der Waals surface area contributed by atoms with Gasteiger partial charge in [-0.2, -0.15) is 0 Å². The van der Waals surface area contributed by atoms with Crippen LogP contribution in [-0.2, 0) is 14.1 Å². The molecule has 5 rings (SSSR count). The SMILES string of the molecule is Cn1c(=O)c2ccc(C(=O)Nc3cccc(-c4nc5ccccc5s4)c3)nc2n(C)c1=O. The molecule has 0 saturated heterocycles. The van der Waals surface area contributed by atoms with Gasteiger partial charge in [0, 0.05) is 25.3 Å². The van der Waals surface area contributed by atoms with Crippen molar-refractivity contribution in [3.8, 4) is 10.6 Å². The minimum Gasteiger partial charge on any atom is -0.321 e. The van der Waals surface area contributed by atoms with Gasteiger partial charge in [0.2, 0.25) is 0 Å². The van der Waals surface area contributed by atoms with Gasteiger partial charge in [-0.05, 0) is 36.4 Å². The normalized spacial score (nSPS) is 11.2. The van der Waals surface area contributed by atoms with Crippen molar-refractivity contribution in [1.82, 2.24) is 19.1 Å². The summed E-state index contributed by atoms with van der Waals surface area (Å²) in [6.45, 7) is 0. The van der Waals surface area contributed by atoms with Crippen molar-refractivity contribution in [2.75, 3.05) is 5.32 Å². The minimum atomic E-state index is -0.504. The lowest BCUT2D eigenvalue weighted by molar-refractivity contribution is 0.102. The zero-order chi connectivity index (χ0) is 22.4. The van der Waals surface area contributed by atoms with E-state index in [-0.39, 0.29) is 16.7 Å². The molecule has 8 nitrogen and oxygen atoms in total. The van der Waals surface area contributed by atoms with E-state index < -0.39 is 17.2 Å². The minimum absolute atomic E-state index is 0.103. The van der Waals surface area contributed by atoms with Gasteiger partial charge >= 0.3 is 5.69 Å². The fourth-order valence-electron chi connectivity index (χ4n) is 3.50. The quantitative estimate of drug-likeness (QED) is 0.462. The molecular formula is C23H17N5O3S. The number of aromatic nitrogens is 4. The summed E-state index contributed by atoms with van der Waals surface area (Å²) in [5.74, 6) is -0.443. The number of carbonyl (C=O) groups excluding carboxylic acids is 1. The van der Waals surface area contributed by atoms with E-state index in [4.69, 9.17) is 0 Å². The van der Waals surface area contributed by atoms with Gasteiger partial charge in [-0.3, -0.25) is 18.7 Å². The van der Waals surface area contributed by atoms with Crippen LogP contribution in [0.2, 0.25) is 0 Å². The molecule has 158 valence electrons. The summed E-state index contributed by atoms with van der Waals surface area (Å²) in [6.07, 6.45) is 0. The van der Waals surface area contributed by atoms with Gasteiger partial charge in [0.25, 0.3) is 11.5 Å². The molecule has 9 heteroatoms. The van der Waals surface area contributed by atoms with E-state index in [9.17, 15) is 14.4 Å². The van der Waals surface area contributed by atoms with Crippen LogP contribution < -0.4 is 16.6 Å². The molecule has 0 aliphatic rings. The molecular weight excluding hydrogens is 426 g/mol. The monoisotopic (exact) mass is 443 g/mol. The number of anilines is 1. The van der Waals surface area contributed by atoms with Crippen LogP contribution in [0.1, 0.15) is 10.5 Å². The molecule has 3 aromatic heterocycles. The van der Waals surface area contributed by atoms with Crippen LogP contribution in [0.15, 0.2) is 70.3 Å². The maximum atomic E-state index is 12.8. The van der Waals surface area contributed by atoms with Crippen LogP contribution in [0.3, 0.4) is 0 Å². The van der Waals surface area contributed by atoms with Crippen LogP contribution >= 0.6 is 11.3 Å². The second-order valence-corrected chi connectivity index (χ2v) is 8.33. The number of nitrogens with zero attached hydrogens (tertiary/aromatic N) is 4. The van der Waals surface area contributed by atoms with Crippen molar-refractivity contribution in [3.63, 3.8) is 0 Å². The molecule has 0 bridgehead atoms. The Morgan fingerprint density at radius 3 is 2.56 bits per heavy atom.